The second-order valence-electron chi connectivity index (χ2n) is 5.01. The summed E-state index contributed by atoms with van der Waals surface area (Å²) < 4.78 is 0. The molecule has 2 aromatic rings. The summed E-state index contributed by atoms with van der Waals surface area (Å²) in [7, 11) is 0. The second-order valence-corrected chi connectivity index (χ2v) is 5.42. The third kappa shape index (κ3) is 2.67. The monoisotopic (exact) mass is 301 g/mol. The Hall–Kier alpha value is -2.20. The van der Waals surface area contributed by atoms with Crippen LogP contribution in [0.3, 0.4) is 0 Å². The highest BCUT2D eigenvalue weighted by Gasteiger charge is 2.24. The molecule has 0 saturated carbocycles. The lowest BCUT2D eigenvalue weighted by Gasteiger charge is -2.30. The molecule has 0 bridgehead atoms. The average molecular weight is 302 g/mol. The number of rotatable bonds is 1. The maximum absolute atomic E-state index is 12.5. The highest BCUT2D eigenvalue weighted by atomic mass is 35.5. The van der Waals surface area contributed by atoms with Gasteiger partial charge in [0.2, 0.25) is 0 Å². The molecule has 0 aromatic heterocycles. The van der Waals surface area contributed by atoms with Gasteiger partial charge in [-0.3, -0.25) is 4.90 Å². The number of halogens is 1. The van der Waals surface area contributed by atoms with Crippen LogP contribution in [0.1, 0.15) is 12.0 Å². The fourth-order valence-corrected chi connectivity index (χ4v) is 2.79. The van der Waals surface area contributed by atoms with Gasteiger partial charge in [0.25, 0.3) is 0 Å². The number of benzene rings is 2. The fraction of sp³-hybridized carbons (Fsp3) is 0.188. The summed E-state index contributed by atoms with van der Waals surface area (Å²) in [6.45, 7) is 0.673. The largest absolute Gasteiger partial charge is 0.398 e. The van der Waals surface area contributed by atoms with Crippen LogP contribution in [-0.4, -0.2) is 12.6 Å². The van der Waals surface area contributed by atoms with E-state index in [0.717, 1.165) is 29.8 Å². The van der Waals surface area contributed by atoms with Crippen LogP contribution in [0.2, 0.25) is 5.02 Å². The van der Waals surface area contributed by atoms with E-state index in [1.54, 1.807) is 17.0 Å². The lowest BCUT2D eigenvalue weighted by atomic mass is 10.0. The van der Waals surface area contributed by atoms with Gasteiger partial charge in [-0.1, -0.05) is 29.8 Å². The second kappa shape index (κ2) is 5.66. The quantitative estimate of drug-likeness (QED) is 0.785. The predicted molar refractivity (Wildman–Crippen MR) is 87.0 cm³/mol. The number of anilines is 3. The molecule has 0 fully saturated rings. The van der Waals surface area contributed by atoms with Gasteiger partial charge >= 0.3 is 6.03 Å². The predicted octanol–water partition coefficient (Wildman–Crippen LogP) is 3.91. The molecule has 1 heterocycles. The van der Waals surface area contributed by atoms with E-state index in [-0.39, 0.29) is 6.03 Å². The first kappa shape index (κ1) is 13.8. The zero-order valence-corrected chi connectivity index (χ0v) is 12.2. The SMILES string of the molecule is Nc1cccc2c1CCCN2C(=O)Nc1ccccc1Cl. The van der Waals surface area contributed by atoms with E-state index in [0.29, 0.717) is 17.3 Å². The fourth-order valence-electron chi connectivity index (χ4n) is 2.61. The highest BCUT2D eigenvalue weighted by molar-refractivity contribution is 6.33. The summed E-state index contributed by atoms with van der Waals surface area (Å²) in [5, 5.41) is 3.38. The van der Waals surface area contributed by atoms with E-state index in [9.17, 15) is 4.79 Å². The van der Waals surface area contributed by atoms with Crippen LogP contribution in [0.15, 0.2) is 42.5 Å². The maximum atomic E-state index is 12.5. The number of urea groups is 1. The minimum atomic E-state index is -0.186. The van der Waals surface area contributed by atoms with Crippen molar-refractivity contribution < 1.29 is 4.79 Å². The molecular weight excluding hydrogens is 286 g/mol. The molecule has 3 rings (SSSR count). The molecule has 0 saturated heterocycles. The topological polar surface area (TPSA) is 58.4 Å². The summed E-state index contributed by atoms with van der Waals surface area (Å²) in [6, 6.07) is 12.7. The molecule has 5 heteroatoms. The summed E-state index contributed by atoms with van der Waals surface area (Å²) in [6.07, 6.45) is 1.80. The molecule has 0 atom stereocenters. The first-order valence-corrected chi connectivity index (χ1v) is 7.25. The number of amides is 2. The van der Waals surface area contributed by atoms with Crippen molar-refractivity contribution in [3.8, 4) is 0 Å². The van der Waals surface area contributed by atoms with E-state index >= 15 is 0 Å². The Morgan fingerprint density at radius 1 is 1.19 bits per heavy atom. The Kier molecular flexibility index (Phi) is 3.71. The van der Waals surface area contributed by atoms with Crippen molar-refractivity contribution in [2.24, 2.45) is 0 Å². The Morgan fingerprint density at radius 2 is 2.00 bits per heavy atom. The van der Waals surface area contributed by atoms with Crippen molar-refractivity contribution in [3.63, 3.8) is 0 Å². The van der Waals surface area contributed by atoms with Gasteiger partial charge in [-0.25, -0.2) is 4.79 Å². The molecule has 0 unspecified atom stereocenters. The number of carbonyl (C=O) groups is 1. The highest BCUT2D eigenvalue weighted by Crippen LogP contribution is 2.32. The minimum Gasteiger partial charge on any atom is -0.398 e. The van der Waals surface area contributed by atoms with Crippen LogP contribution in [0.25, 0.3) is 0 Å². The van der Waals surface area contributed by atoms with Gasteiger partial charge in [-0.2, -0.15) is 0 Å². The van der Waals surface area contributed by atoms with Crippen molar-refractivity contribution in [1.82, 2.24) is 0 Å². The van der Waals surface area contributed by atoms with Crippen molar-refractivity contribution >= 4 is 34.7 Å². The Bertz CT molecular complexity index is 687. The van der Waals surface area contributed by atoms with Crippen molar-refractivity contribution in [1.29, 1.82) is 0 Å². The van der Waals surface area contributed by atoms with Gasteiger partial charge in [-0.05, 0) is 42.7 Å². The molecule has 1 aliphatic heterocycles. The number of para-hydroxylation sites is 1. The summed E-state index contributed by atoms with van der Waals surface area (Å²) in [4.78, 5) is 14.2. The molecule has 0 aliphatic carbocycles. The number of hydrogen-bond acceptors (Lipinski definition) is 2. The van der Waals surface area contributed by atoms with Crippen LogP contribution in [-0.2, 0) is 6.42 Å². The van der Waals surface area contributed by atoms with Gasteiger partial charge in [0.15, 0.2) is 0 Å². The molecule has 2 aromatic carbocycles. The van der Waals surface area contributed by atoms with Gasteiger partial charge in [0.05, 0.1) is 16.4 Å². The number of hydrogen-bond donors (Lipinski definition) is 2. The third-order valence-electron chi connectivity index (χ3n) is 3.65. The standard InChI is InChI=1S/C16H16ClN3O/c17-12-6-1-2-8-14(12)19-16(21)20-10-4-5-11-13(18)7-3-9-15(11)20/h1-3,6-9H,4-5,10,18H2,(H,19,21). The number of fused-ring (bicyclic) bond motifs is 1. The van der Waals surface area contributed by atoms with E-state index in [2.05, 4.69) is 5.32 Å². The summed E-state index contributed by atoms with van der Waals surface area (Å²) in [5.74, 6) is 0. The van der Waals surface area contributed by atoms with E-state index in [1.807, 2.05) is 30.3 Å². The average Bonchev–Trinajstić information content (AvgIpc) is 2.49. The first-order chi connectivity index (χ1) is 10.2. The molecule has 3 N–H and O–H groups in total. The molecule has 108 valence electrons. The molecular formula is C16H16ClN3O. The number of nitrogens with one attached hydrogen (secondary N) is 1. The van der Waals surface area contributed by atoms with Gasteiger partial charge < -0.3 is 11.1 Å². The zero-order valence-electron chi connectivity index (χ0n) is 11.5. The molecule has 21 heavy (non-hydrogen) atoms. The van der Waals surface area contributed by atoms with Gasteiger partial charge in [-0.15, -0.1) is 0 Å². The lowest BCUT2D eigenvalue weighted by molar-refractivity contribution is 0.256. The molecule has 2 amide bonds. The van der Waals surface area contributed by atoms with Gasteiger partial charge in [0, 0.05) is 12.2 Å². The number of nitrogens with two attached hydrogens (primary N) is 1. The van der Waals surface area contributed by atoms with Crippen molar-refractivity contribution in [2.75, 3.05) is 22.5 Å². The Morgan fingerprint density at radius 3 is 2.81 bits per heavy atom. The van der Waals surface area contributed by atoms with Crippen LogP contribution in [0, 0.1) is 0 Å². The molecule has 4 nitrogen and oxygen atoms in total. The van der Waals surface area contributed by atoms with Crippen LogP contribution >= 0.6 is 11.6 Å². The zero-order chi connectivity index (χ0) is 14.8. The third-order valence-corrected chi connectivity index (χ3v) is 3.98. The van der Waals surface area contributed by atoms with Crippen molar-refractivity contribution in [2.45, 2.75) is 12.8 Å². The summed E-state index contributed by atoms with van der Waals surface area (Å²) >= 11 is 6.08. The molecule has 1 aliphatic rings. The lowest BCUT2D eigenvalue weighted by Crippen LogP contribution is -2.38. The van der Waals surface area contributed by atoms with Crippen LogP contribution < -0.4 is 16.0 Å². The number of nitrogens with zero attached hydrogens (tertiary/aromatic N) is 1. The molecule has 0 radical (unpaired) electrons. The smallest absolute Gasteiger partial charge is 0.326 e. The Balaban J connectivity index is 1.87. The van der Waals surface area contributed by atoms with E-state index in [1.165, 1.54) is 0 Å². The van der Waals surface area contributed by atoms with E-state index in [4.69, 9.17) is 17.3 Å². The molecule has 0 spiro atoms. The van der Waals surface area contributed by atoms with Crippen molar-refractivity contribution in [3.05, 3.63) is 53.1 Å². The van der Waals surface area contributed by atoms with Crippen LogP contribution in [0.5, 0.6) is 0 Å². The minimum absolute atomic E-state index is 0.186. The first-order valence-electron chi connectivity index (χ1n) is 6.87. The normalized spacial score (nSPS) is 13.7. The van der Waals surface area contributed by atoms with E-state index < -0.39 is 0 Å². The summed E-state index contributed by atoms with van der Waals surface area (Å²) in [5.41, 5.74) is 9.27. The van der Waals surface area contributed by atoms with Gasteiger partial charge in [0.1, 0.15) is 0 Å². The maximum Gasteiger partial charge on any atom is 0.326 e. The Labute approximate surface area is 128 Å². The number of carbonyl (C=O) groups excluding carboxylic acids is 1. The van der Waals surface area contributed by atoms with Crippen LogP contribution in [0.4, 0.5) is 21.9 Å². The number of nitrogen functional groups attached to an aromatic ring is 1.